The molecule has 0 aliphatic carbocycles. The van der Waals surface area contributed by atoms with E-state index in [-0.39, 0.29) is 13.2 Å². The van der Waals surface area contributed by atoms with Gasteiger partial charge in [0.2, 0.25) is 11.8 Å². The second-order valence-corrected chi connectivity index (χ2v) is 14.0. The van der Waals surface area contributed by atoms with Gasteiger partial charge in [0, 0.05) is 19.8 Å². The normalized spacial score (nSPS) is 26.9. The molecule has 3 heterocycles. The lowest BCUT2D eigenvalue weighted by molar-refractivity contribution is -0.148. The van der Waals surface area contributed by atoms with Crippen LogP contribution in [0.2, 0.25) is 0 Å². The van der Waals surface area contributed by atoms with Crippen molar-refractivity contribution in [1.82, 2.24) is 31.9 Å². The van der Waals surface area contributed by atoms with Gasteiger partial charge in [-0.2, -0.15) is 0 Å². The molecule has 288 valence electrons. The summed E-state index contributed by atoms with van der Waals surface area (Å²) in [6.07, 6.45) is -0.843. The lowest BCUT2D eigenvalue weighted by Crippen LogP contribution is -2.61. The summed E-state index contributed by atoms with van der Waals surface area (Å²) in [5, 5.41) is 16.0. The quantitative estimate of drug-likeness (QED) is 0.134. The molecule has 51 heavy (non-hydrogen) atoms. The molecule has 0 bridgehead atoms. The molecule has 3 aliphatic rings. The summed E-state index contributed by atoms with van der Waals surface area (Å²) in [6.45, 7) is 10.4. The maximum atomic E-state index is 13.3. The number of nitrogens with one attached hydrogen (secondary N) is 6. The van der Waals surface area contributed by atoms with Gasteiger partial charge in [0.1, 0.15) is 23.7 Å². The summed E-state index contributed by atoms with van der Waals surface area (Å²) in [7, 11) is 1.20. The molecule has 0 aromatic heterocycles. The van der Waals surface area contributed by atoms with Gasteiger partial charge in [-0.3, -0.25) is 24.0 Å². The number of carbonyl (C=O) groups excluding carboxylic acids is 7. The fourth-order valence-electron chi connectivity index (χ4n) is 5.89. The number of amides is 6. The number of hydrogen-bond donors (Lipinski definition) is 6. The molecule has 0 aromatic rings. The summed E-state index contributed by atoms with van der Waals surface area (Å²) >= 11 is 0. The highest BCUT2D eigenvalue weighted by molar-refractivity contribution is 5.93. The van der Waals surface area contributed by atoms with Gasteiger partial charge in [-0.05, 0) is 80.1 Å². The van der Waals surface area contributed by atoms with Crippen molar-refractivity contribution in [2.24, 2.45) is 0 Å². The van der Waals surface area contributed by atoms with Crippen LogP contribution in [0.5, 0.6) is 0 Å². The zero-order valence-corrected chi connectivity index (χ0v) is 30.5. The molecule has 6 amide bonds. The molecule has 18 heteroatoms. The highest BCUT2D eigenvalue weighted by Gasteiger charge is 2.39. The summed E-state index contributed by atoms with van der Waals surface area (Å²) in [5.41, 5.74) is -0.729. The third kappa shape index (κ3) is 12.6. The number of rotatable bonds is 12. The molecule has 0 aromatic carbocycles. The van der Waals surface area contributed by atoms with Gasteiger partial charge < -0.3 is 55.6 Å². The van der Waals surface area contributed by atoms with Crippen molar-refractivity contribution in [1.29, 1.82) is 0 Å². The summed E-state index contributed by atoms with van der Waals surface area (Å²) in [4.78, 5) is 89.7. The van der Waals surface area contributed by atoms with E-state index in [4.69, 9.17) is 18.9 Å². The van der Waals surface area contributed by atoms with Crippen LogP contribution >= 0.6 is 0 Å². The maximum absolute atomic E-state index is 13.3. The van der Waals surface area contributed by atoms with E-state index < -0.39 is 102 Å². The number of methoxy groups -OCH3 is 1. The van der Waals surface area contributed by atoms with Crippen LogP contribution in [-0.4, -0.2) is 129 Å². The minimum atomic E-state index is -1.12. The first-order chi connectivity index (χ1) is 24.0. The van der Waals surface area contributed by atoms with Crippen molar-refractivity contribution in [3.63, 3.8) is 0 Å². The average molecular weight is 727 g/mol. The summed E-state index contributed by atoms with van der Waals surface area (Å²) in [6, 6.07) is -5.13. The average Bonchev–Trinajstić information content (AvgIpc) is 3.07. The van der Waals surface area contributed by atoms with Crippen LogP contribution in [-0.2, 0) is 52.5 Å². The highest BCUT2D eigenvalue weighted by Crippen LogP contribution is 2.18. The predicted molar refractivity (Wildman–Crippen MR) is 179 cm³/mol. The number of esters is 1. The molecule has 18 nitrogen and oxygen atoms in total. The molecule has 6 N–H and O–H groups in total. The van der Waals surface area contributed by atoms with Crippen LogP contribution in [0.3, 0.4) is 0 Å². The molecule has 0 saturated carbocycles. The second-order valence-electron chi connectivity index (χ2n) is 14.0. The Labute approximate surface area is 297 Å². The number of hydrogen-bond acceptors (Lipinski definition) is 12. The Hall–Kier alpha value is -4.03. The Morgan fingerprint density at radius 3 is 1.29 bits per heavy atom. The largest absolute Gasteiger partial charge is 0.467 e. The first-order valence-electron chi connectivity index (χ1n) is 17.4. The van der Waals surface area contributed by atoms with E-state index in [0.717, 1.165) is 0 Å². The van der Waals surface area contributed by atoms with E-state index >= 15 is 0 Å². The van der Waals surface area contributed by atoms with Crippen molar-refractivity contribution in [3.8, 4) is 0 Å². The fourth-order valence-corrected chi connectivity index (χ4v) is 5.89. The third-order valence-corrected chi connectivity index (χ3v) is 8.52. The predicted octanol–water partition coefficient (Wildman–Crippen LogP) is -0.927. The monoisotopic (exact) mass is 726 g/mol. The molecular formula is C33H54N6O12. The first kappa shape index (κ1) is 41.4. The number of carbonyl (C=O) groups is 7. The Morgan fingerprint density at radius 2 is 0.941 bits per heavy atom. The molecule has 3 aliphatic heterocycles. The molecule has 9 atom stereocenters. The SMILES string of the molecule is COC(=O)[C@@H](C)NC(=O)[C@H]1OCCC[C@@H]1NC(=O)[C@@H](C)NC(=O)[C@H]1OCCC[C@@H]1NC(=O)[C@@H](C)NC(=O)[C@H]1OCCC[C@@H]1NC(=O)OC(C)(C)C. The minimum Gasteiger partial charge on any atom is -0.467 e. The van der Waals surface area contributed by atoms with Gasteiger partial charge in [-0.1, -0.05) is 0 Å². The van der Waals surface area contributed by atoms with Gasteiger partial charge in [-0.25, -0.2) is 9.59 Å². The minimum absolute atomic E-state index is 0.253. The Kier molecular flexibility index (Phi) is 15.4. The number of alkyl carbamates (subject to hydrolysis) is 1. The van der Waals surface area contributed by atoms with Crippen LogP contribution in [0.4, 0.5) is 4.79 Å². The standard InChI is InChI=1S/C33H54N6O12/c1-17(26(40)38-21-12-9-15-49-24(21)30(44)36-19(3)31(45)47-7)34-28(42)23-20(11-8-14-48-23)37-27(41)18(2)35-29(43)25-22(13-10-16-50-25)39-32(46)51-33(4,5)6/h17-25H,8-16H2,1-7H3,(H,34,42)(H,35,43)(H,36,44)(H,37,41)(H,38,40)(H,39,46)/t17-,18-,19-,20+,21+,22+,23+,24+,25+/m1/s1. The van der Waals surface area contributed by atoms with Crippen LogP contribution in [0.25, 0.3) is 0 Å². The van der Waals surface area contributed by atoms with E-state index in [0.29, 0.717) is 45.1 Å². The fraction of sp³-hybridized carbons (Fsp3) is 0.788. The van der Waals surface area contributed by atoms with E-state index in [1.54, 1.807) is 20.8 Å². The summed E-state index contributed by atoms with van der Waals surface area (Å²) in [5.74, 6) is -3.59. The van der Waals surface area contributed by atoms with Gasteiger partial charge >= 0.3 is 12.1 Å². The highest BCUT2D eigenvalue weighted by atomic mass is 16.6. The topological polar surface area (TPSA) is 238 Å². The third-order valence-electron chi connectivity index (χ3n) is 8.52. The molecule has 0 spiro atoms. The van der Waals surface area contributed by atoms with E-state index in [2.05, 4.69) is 36.6 Å². The molecule has 0 unspecified atom stereocenters. The van der Waals surface area contributed by atoms with Crippen molar-refractivity contribution in [2.75, 3.05) is 26.9 Å². The Bertz CT molecular complexity index is 1280. The van der Waals surface area contributed by atoms with Gasteiger partial charge in [-0.15, -0.1) is 0 Å². The molecule has 0 radical (unpaired) electrons. The zero-order chi connectivity index (χ0) is 37.9. The van der Waals surface area contributed by atoms with Crippen molar-refractivity contribution in [3.05, 3.63) is 0 Å². The van der Waals surface area contributed by atoms with Gasteiger partial charge in [0.15, 0.2) is 18.3 Å². The summed E-state index contributed by atoms with van der Waals surface area (Å²) < 4.78 is 26.9. The molecular weight excluding hydrogens is 672 g/mol. The Morgan fingerprint density at radius 1 is 0.588 bits per heavy atom. The Balaban J connectivity index is 1.54. The van der Waals surface area contributed by atoms with Gasteiger partial charge in [0.25, 0.3) is 17.7 Å². The van der Waals surface area contributed by atoms with Crippen LogP contribution in [0.1, 0.15) is 80.1 Å². The second kappa shape index (κ2) is 19.0. The van der Waals surface area contributed by atoms with E-state index in [1.165, 1.54) is 27.9 Å². The van der Waals surface area contributed by atoms with Crippen LogP contribution in [0.15, 0.2) is 0 Å². The van der Waals surface area contributed by atoms with Crippen LogP contribution < -0.4 is 31.9 Å². The van der Waals surface area contributed by atoms with Crippen molar-refractivity contribution < 1.29 is 57.2 Å². The van der Waals surface area contributed by atoms with E-state index in [9.17, 15) is 33.6 Å². The zero-order valence-electron chi connectivity index (χ0n) is 30.5. The maximum Gasteiger partial charge on any atom is 0.407 e. The number of ether oxygens (including phenoxy) is 5. The van der Waals surface area contributed by atoms with Crippen LogP contribution in [0, 0.1) is 0 Å². The lowest BCUT2D eigenvalue weighted by atomic mass is 10.00. The molecule has 3 saturated heterocycles. The lowest BCUT2D eigenvalue weighted by Gasteiger charge is -2.34. The van der Waals surface area contributed by atoms with Crippen molar-refractivity contribution in [2.45, 2.75) is 140 Å². The molecule has 3 rings (SSSR count). The van der Waals surface area contributed by atoms with Crippen molar-refractivity contribution >= 4 is 41.6 Å². The first-order valence-corrected chi connectivity index (χ1v) is 17.4. The smallest absolute Gasteiger partial charge is 0.407 e. The van der Waals surface area contributed by atoms with E-state index in [1.807, 2.05) is 0 Å². The van der Waals surface area contributed by atoms with Gasteiger partial charge in [0.05, 0.1) is 25.2 Å². The molecule has 3 fully saturated rings.